The van der Waals surface area contributed by atoms with E-state index in [1.807, 2.05) is 32.9 Å². The summed E-state index contributed by atoms with van der Waals surface area (Å²) in [6.07, 6.45) is 0.277. The van der Waals surface area contributed by atoms with Crippen molar-refractivity contribution in [2.24, 2.45) is 0 Å². The molecule has 3 aromatic rings. The molecule has 1 aliphatic rings. The van der Waals surface area contributed by atoms with Crippen LogP contribution in [0.2, 0.25) is 5.02 Å². The Morgan fingerprint density at radius 1 is 1.17 bits per heavy atom. The third-order valence-electron chi connectivity index (χ3n) is 5.06. The number of ether oxygens (including phenoxy) is 2. The molecule has 4 rings (SSSR count). The number of fused-ring (bicyclic) bond motifs is 1. The molecule has 2 heterocycles. The molecule has 8 nitrogen and oxygen atoms in total. The molecule has 2 aromatic carbocycles. The van der Waals surface area contributed by atoms with E-state index in [2.05, 4.69) is 15.5 Å². The molecule has 2 amide bonds. The molecule has 0 spiro atoms. The fraction of sp³-hybridized carbons (Fsp3) is 0.333. The molecule has 0 radical (unpaired) electrons. The van der Waals surface area contributed by atoms with Gasteiger partial charge in [-0.1, -0.05) is 29.0 Å². The first-order valence-electron chi connectivity index (χ1n) is 10.9. The van der Waals surface area contributed by atoms with Gasteiger partial charge in [-0.25, -0.2) is 9.18 Å². The molecule has 0 aliphatic carbocycles. The number of anilines is 1. The van der Waals surface area contributed by atoms with E-state index in [1.165, 1.54) is 18.2 Å². The number of halogens is 2. The minimum absolute atomic E-state index is 0.0315. The highest BCUT2D eigenvalue weighted by molar-refractivity contribution is 7.15. The highest BCUT2D eigenvalue weighted by Gasteiger charge is 2.26. The van der Waals surface area contributed by atoms with E-state index in [-0.39, 0.29) is 29.4 Å². The Bertz CT molecular complexity index is 1260. The molecule has 0 fully saturated rings. The van der Waals surface area contributed by atoms with Crippen LogP contribution in [-0.4, -0.2) is 39.2 Å². The van der Waals surface area contributed by atoms with Crippen molar-refractivity contribution in [2.75, 3.05) is 11.9 Å². The zero-order valence-electron chi connectivity index (χ0n) is 19.4. The van der Waals surface area contributed by atoms with E-state index >= 15 is 0 Å². The van der Waals surface area contributed by atoms with Crippen LogP contribution < -0.4 is 10.1 Å². The lowest BCUT2D eigenvalue weighted by molar-refractivity contribution is 0.0224. The van der Waals surface area contributed by atoms with Crippen LogP contribution in [0.1, 0.15) is 47.3 Å². The largest absolute Gasteiger partial charge is 0.485 e. The highest BCUT2D eigenvalue weighted by Crippen LogP contribution is 2.27. The lowest BCUT2D eigenvalue weighted by atomic mass is 9.97. The molecule has 11 heteroatoms. The second-order valence-corrected chi connectivity index (χ2v) is 10.4. The van der Waals surface area contributed by atoms with E-state index in [9.17, 15) is 14.0 Å². The lowest BCUT2D eigenvalue weighted by Gasteiger charge is -2.31. The smallest absolute Gasteiger partial charge is 0.410 e. The van der Waals surface area contributed by atoms with Gasteiger partial charge in [-0.05, 0) is 62.6 Å². The number of aromatic nitrogens is 2. The van der Waals surface area contributed by atoms with Crippen molar-refractivity contribution in [1.82, 2.24) is 15.1 Å². The molecule has 35 heavy (non-hydrogen) atoms. The number of benzene rings is 2. The lowest BCUT2D eigenvalue weighted by Crippen LogP contribution is -2.39. The minimum Gasteiger partial charge on any atom is -0.485 e. The van der Waals surface area contributed by atoms with Gasteiger partial charge in [0.1, 0.15) is 23.8 Å². The Kier molecular flexibility index (Phi) is 7.23. The Balaban J connectivity index is 1.35. The Morgan fingerprint density at radius 3 is 2.74 bits per heavy atom. The Hall–Kier alpha value is -3.24. The summed E-state index contributed by atoms with van der Waals surface area (Å²) in [6.45, 7) is 6.48. The van der Waals surface area contributed by atoms with Crippen molar-refractivity contribution in [3.63, 3.8) is 0 Å². The summed E-state index contributed by atoms with van der Waals surface area (Å²) in [4.78, 5) is 26.8. The van der Waals surface area contributed by atoms with Gasteiger partial charge < -0.3 is 14.4 Å². The van der Waals surface area contributed by atoms with Crippen LogP contribution in [-0.2, 0) is 24.3 Å². The first-order valence-corrected chi connectivity index (χ1v) is 12.1. The van der Waals surface area contributed by atoms with Crippen LogP contribution in [0.3, 0.4) is 0 Å². The first-order chi connectivity index (χ1) is 16.6. The van der Waals surface area contributed by atoms with Crippen molar-refractivity contribution in [3.8, 4) is 5.75 Å². The molecule has 1 N–H and O–H groups in total. The average molecular weight is 519 g/mol. The normalized spacial score (nSPS) is 13.2. The van der Waals surface area contributed by atoms with E-state index in [0.717, 1.165) is 22.5 Å². The Labute approximate surface area is 211 Å². The molecular weight excluding hydrogens is 495 g/mol. The van der Waals surface area contributed by atoms with Crippen LogP contribution in [0.25, 0.3) is 0 Å². The van der Waals surface area contributed by atoms with Gasteiger partial charge >= 0.3 is 6.09 Å². The molecule has 184 valence electrons. The molecule has 1 aliphatic heterocycles. The number of amides is 2. The number of hydrogen-bond donors (Lipinski definition) is 1. The maximum atomic E-state index is 13.4. The van der Waals surface area contributed by atoms with Crippen molar-refractivity contribution in [2.45, 2.75) is 45.9 Å². The van der Waals surface area contributed by atoms with Gasteiger partial charge in [0.2, 0.25) is 5.13 Å². The van der Waals surface area contributed by atoms with Crippen molar-refractivity contribution < 1.29 is 23.5 Å². The fourth-order valence-electron chi connectivity index (χ4n) is 3.44. The van der Waals surface area contributed by atoms with Crippen molar-refractivity contribution >= 4 is 40.1 Å². The van der Waals surface area contributed by atoms with E-state index in [4.69, 9.17) is 21.1 Å². The average Bonchev–Trinajstić information content (AvgIpc) is 3.25. The van der Waals surface area contributed by atoms with Gasteiger partial charge in [-0.2, -0.15) is 0 Å². The summed E-state index contributed by atoms with van der Waals surface area (Å²) < 4.78 is 24.3. The number of nitrogens with zero attached hydrogens (tertiary/aromatic N) is 3. The number of hydrogen-bond acceptors (Lipinski definition) is 7. The van der Waals surface area contributed by atoms with Gasteiger partial charge in [0.15, 0.2) is 5.01 Å². The second-order valence-electron chi connectivity index (χ2n) is 8.95. The quantitative estimate of drug-likeness (QED) is 0.482. The third kappa shape index (κ3) is 6.46. The number of nitrogens with one attached hydrogen (secondary N) is 1. The summed E-state index contributed by atoms with van der Waals surface area (Å²) in [5.74, 6) is -0.580. The zero-order chi connectivity index (χ0) is 25.2. The Morgan fingerprint density at radius 2 is 1.97 bits per heavy atom. The fourth-order valence-corrected chi connectivity index (χ4v) is 4.26. The summed E-state index contributed by atoms with van der Waals surface area (Å²) in [7, 11) is 0. The van der Waals surface area contributed by atoms with Gasteiger partial charge in [0.05, 0.1) is 5.02 Å². The molecule has 0 saturated carbocycles. The van der Waals surface area contributed by atoms with Gasteiger partial charge in [-0.3, -0.25) is 10.1 Å². The van der Waals surface area contributed by atoms with Crippen LogP contribution in [0.15, 0.2) is 36.4 Å². The predicted octanol–water partition coefficient (Wildman–Crippen LogP) is 5.46. The third-order valence-corrected chi connectivity index (χ3v) is 6.19. The second kappa shape index (κ2) is 10.2. The summed E-state index contributed by atoms with van der Waals surface area (Å²) in [5.41, 5.74) is 1.91. The molecule has 0 unspecified atom stereocenters. The molecule has 0 bridgehead atoms. The summed E-state index contributed by atoms with van der Waals surface area (Å²) >= 11 is 7.14. The number of carbonyl (C=O) groups excluding carboxylic acids is 2. The van der Waals surface area contributed by atoms with Crippen LogP contribution in [0.5, 0.6) is 5.75 Å². The maximum absolute atomic E-state index is 13.4. The summed E-state index contributed by atoms with van der Waals surface area (Å²) in [5, 5.41) is 11.8. The van der Waals surface area contributed by atoms with Crippen LogP contribution >= 0.6 is 22.9 Å². The molecular formula is C24H24ClFN4O4S. The summed E-state index contributed by atoms with van der Waals surface area (Å²) in [6, 6.07) is 9.23. The minimum atomic E-state index is -0.553. The first kappa shape index (κ1) is 24.9. The standard InChI is InChI=1S/C24H24ClFN4O4S/c1-24(2,3)34-23(32)30-9-8-14-10-15(4-5-16(14)12-30)21(31)27-22-29-28-20(35-22)13-33-19-11-17(26)6-7-18(19)25/h4-7,10-11H,8-9,12-13H2,1-3H3,(H,27,29,31). The monoisotopic (exact) mass is 518 g/mol. The number of rotatable bonds is 5. The molecule has 0 saturated heterocycles. The van der Waals surface area contributed by atoms with E-state index < -0.39 is 11.4 Å². The molecule has 0 atom stereocenters. The van der Waals surface area contributed by atoms with Crippen molar-refractivity contribution in [1.29, 1.82) is 0 Å². The zero-order valence-corrected chi connectivity index (χ0v) is 21.0. The van der Waals surface area contributed by atoms with Gasteiger partial charge in [0, 0.05) is 24.7 Å². The molecule has 1 aromatic heterocycles. The van der Waals surface area contributed by atoms with Crippen LogP contribution in [0, 0.1) is 5.82 Å². The maximum Gasteiger partial charge on any atom is 0.410 e. The van der Waals surface area contributed by atoms with E-state index in [1.54, 1.807) is 11.0 Å². The topological polar surface area (TPSA) is 93.7 Å². The van der Waals surface area contributed by atoms with E-state index in [0.29, 0.717) is 35.2 Å². The highest BCUT2D eigenvalue weighted by atomic mass is 35.5. The predicted molar refractivity (Wildman–Crippen MR) is 130 cm³/mol. The SMILES string of the molecule is CC(C)(C)OC(=O)N1CCc2cc(C(=O)Nc3nnc(COc4cc(F)ccc4Cl)s3)ccc2C1. The van der Waals surface area contributed by atoms with Crippen molar-refractivity contribution in [3.05, 3.63) is 68.9 Å². The van der Waals surface area contributed by atoms with Gasteiger partial charge in [0.25, 0.3) is 5.91 Å². The van der Waals surface area contributed by atoms with Gasteiger partial charge in [-0.15, -0.1) is 10.2 Å². The van der Waals surface area contributed by atoms with Crippen LogP contribution in [0.4, 0.5) is 14.3 Å². The number of carbonyl (C=O) groups is 2.